The number of benzene rings is 3. The van der Waals surface area contributed by atoms with Crippen LogP contribution in [0.1, 0.15) is 18.2 Å². The lowest BCUT2D eigenvalue weighted by Gasteiger charge is -2.15. The van der Waals surface area contributed by atoms with Crippen molar-refractivity contribution in [1.29, 1.82) is 0 Å². The van der Waals surface area contributed by atoms with Crippen LogP contribution in [0, 0.1) is 6.92 Å². The first-order valence-electron chi connectivity index (χ1n) is 11.5. The van der Waals surface area contributed by atoms with Crippen LogP contribution in [0.2, 0.25) is 0 Å². The molecule has 0 spiro atoms. The van der Waals surface area contributed by atoms with Crippen molar-refractivity contribution >= 4 is 24.1 Å². The highest BCUT2D eigenvalue weighted by molar-refractivity contribution is 5.91. The standard InChI is InChI=1S/C30H26N4O/c1-5-12-23-19-24(17-18-25(23)31-3)26-20(2)33(4)29-27(21-13-8-6-9-14-21)28(32-34(29)30(26)35)22-15-10-7-11-16-22/h5-19H,3H2,1-2,4H3/b12-5-. The van der Waals surface area contributed by atoms with Crippen LogP contribution in [0.15, 0.2) is 94.7 Å². The van der Waals surface area contributed by atoms with E-state index in [4.69, 9.17) is 5.10 Å². The van der Waals surface area contributed by atoms with Crippen molar-refractivity contribution in [2.45, 2.75) is 13.8 Å². The Morgan fingerprint density at radius 2 is 1.54 bits per heavy atom. The molecule has 0 amide bonds. The summed E-state index contributed by atoms with van der Waals surface area (Å²) in [6.45, 7) is 7.61. The molecule has 2 heterocycles. The summed E-state index contributed by atoms with van der Waals surface area (Å²) in [6, 6.07) is 25.9. The van der Waals surface area contributed by atoms with Crippen LogP contribution in [-0.4, -0.2) is 20.9 Å². The van der Waals surface area contributed by atoms with Gasteiger partial charge in [0.25, 0.3) is 5.56 Å². The van der Waals surface area contributed by atoms with Gasteiger partial charge in [-0.2, -0.15) is 9.61 Å². The molecular weight excluding hydrogens is 432 g/mol. The molecule has 0 unspecified atom stereocenters. The van der Waals surface area contributed by atoms with Crippen molar-refractivity contribution < 1.29 is 0 Å². The fraction of sp³-hybridized carbons (Fsp3) is 0.100. The SMILES string of the molecule is C=Nc1ccc(-c2c(C)n(C)c3c(-c4ccccc4)c(-c4ccccc4)nn3c2=O)cc1/C=C\C. The Balaban J connectivity index is 1.87. The van der Waals surface area contributed by atoms with E-state index in [1.807, 2.05) is 99.8 Å². The van der Waals surface area contributed by atoms with E-state index in [2.05, 4.69) is 28.4 Å². The zero-order valence-corrected chi connectivity index (χ0v) is 20.1. The molecule has 0 saturated carbocycles. The predicted molar refractivity (Wildman–Crippen MR) is 145 cm³/mol. The minimum Gasteiger partial charge on any atom is -0.332 e. The topological polar surface area (TPSA) is 51.7 Å². The minimum atomic E-state index is -0.152. The second-order valence-corrected chi connectivity index (χ2v) is 8.45. The smallest absolute Gasteiger partial charge is 0.282 e. The molecule has 0 atom stereocenters. The van der Waals surface area contributed by atoms with Gasteiger partial charge in [0.05, 0.1) is 16.8 Å². The minimum absolute atomic E-state index is 0.152. The zero-order valence-electron chi connectivity index (χ0n) is 20.1. The first kappa shape index (κ1) is 22.3. The Morgan fingerprint density at radius 3 is 2.17 bits per heavy atom. The van der Waals surface area contributed by atoms with Crippen LogP contribution in [0.25, 0.3) is 45.2 Å². The molecule has 2 aromatic heterocycles. The fourth-order valence-electron chi connectivity index (χ4n) is 4.62. The third kappa shape index (κ3) is 3.71. The average Bonchev–Trinajstić information content (AvgIpc) is 3.30. The third-order valence-corrected chi connectivity index (χ3v) is 6.39. The van der Waals surface area contributed by atoms with E-state index in [0.717, 1.165) is 50.5 Å². The van der Waals surface area contributed by atoms with Gasteiger partial charge in [-0.25, -0.2) is 0 Å². The summed E-state index contributed by atoms with van der Waals surface area (Å²) in [7, 11) is 1.99. The van der Waals surface area contributed by atoms with Crippen molar-refractivity contribution in [3.8, 4) is 33.5 Å². The van der Waals surface area contributed by atoms with Crippen molar-refractivity contribution in [3.05, 3.63) is 107 Å². The lowest BCUT2D eigenvalue weighted by atomic mass is 9.99. The number of fused-ring (bicyclic) bond motifs is 1. The van der Waals surface area contributed by atoms with Gasteiger partial charge < -0.3 is 4.57 Å². The Morgan fingerprint density at radius 1 is 0.886 bits per heavy atom. The number of aromatic nitrogens is 3. The zero-order chi connectivity index (χ0) is 24.5. The van der Waals surface area contributed by atoms with Crippen LogP contribution >= 0.6 is 0 Å². The van der Waals surface area contributed by atoms with Gasteiger partial charge in [-0.15, -0.1) is 0 Å². The first-order chi connectivity index (χ1) is 17.0. The van der Waals surface area contributed by atoms with Gasteiger partial charge in [-0.05, 0) is 43.8 Å². The van der Waals surface area contributed by atoms with Crippen molar-refractivity contribution in [2.24, 2.45) is 12.0 Å². The normalized spacial score (nSPS) is 11.4. The van der Waals surface area contributed by atoms with Gasteiger partial charge >= 0.3 is 0 Å². The second-order valence-electron chi connectivity index (χ2n) is 8.45. The molecule has 5 rings (SSSR count). The maximum atomic E-state index is 14.0. The second kappa shape index (κ2) is 9.03. The summed E-state index contributed by atoms with van der Waals surface area (Å²) < 4.78 is 3.61. The number of allylic oxidation sites excluding steroid dienone is 1. The Kier molecular flexibility index (Phi) is 5.75. The van der Waals surface area contributed by atoms with Crippen LogP contribution in [-0.2, 0) is 7.05 Å². The first-order valence-corrected chi connectivity index (χ1v) is 11.5. The van der Waals surface area contributed by atoms with E-state index < -0.39 is 0 Å². The summed E-state index contributed by atoms with van der Waals surface area (Å²) in [4.78, 5) is 18.1. The maximum absolute atomic E-state index is 14.0. The van der Waals surface area contributed by atoms with Gasteiger partial charge in [0, 0.05) is 23.9 Å². The molecule has 0 saturated heterocycles. The number of aryl methyl sites for hydroxylation is 1. The summed E-state index contributed by atoms with van der Waals surface area (Å²) >= 11 is 0. The number of hydrogen-bond acceptors (Lipinski definition) is 3. The van der Waals surface area contributed by atoms with Gasteiger partial charge in [-0.1, -0.05) is 78.9 Å². The molecule has 0 aliphatic rings. The molecule has 0 fully saturated rings. The molecule has 0 aliphatic heterocycles. The average molecular weight is 459 g/mol. The molecule has 0 aliphatic carbocycles. The number of aliphatic imine (C=N–C) groups is 1. The Bertz CT molecular complexity index is 1640. The molecule has 5 heteroatoms. The fourth-order valence-corrected chi connectivity index (χ4v) is 4.62. The Hall–Kier alpha value is -4.51. The quantitative estimate of drug-likeness (QED) is 0.275. The molecule has 0 radical (unpaired) electrons. The third-order valence-electron chi connectivity index (χ3n) is 6.39. The van der Waals surface area contributed by atoms with Crippen molar-refractivity contribution in [1.82, 2.24) is 14.2 Å². The number of rotatable bonds is 5. The van der Waals surface area contributed by atoms with Crippen molar-refractivity contribution in [2.75, 3.05) is 0 Å². The molecule has 0 N–H and O–H groups in total. The number of hydrogen-bond donors (Lipinski definition) is 0. The lowest BCUT2D eigenvalue weighted by molar-refractivity contribution is 0.804. The molecule has 172 valence electrons. The lowest BCUT2D eigenvalue weighted by Crippen LogP contribution is -2.22. The van der Waals surface area contributed by atoms with Gasteiger partial charge in [0.15, 0.2) is 0 Å². The predicted octanol–water partition coefficient (Wildman–Crippen LogP) is 6.71. The van der Waals surface area contributed by atoms with E-state index in [-0.39, 0.29) is 5.56 Å². The van der Waals surface area contributed by atoms with E-state index in [1.54, 1.807) is 4.52 Å². The van der Waals surface area contributed by atoms with Gasteiger partial charge in [0.1, 0.15) is 11.3 Å². The van der Waals surface area contributed by atoms with Gasteiger partial charge in [0.2, 0.25) is 0 Å². The van der Waals surface area contributed by atoms with Gasteiger partial charge in [-0.3, -0.25) is 9.79 Å². The molecular formula is C30H26N4O. The molecule has 0 bridgehead atoms. The van der Waals surface area contributed by atoms with Crippen LogP contribution in [0.5, 0.6) is 0 Å². The van der Waals surface area contributed by atoms with E-state index in [1.165, 1.54) is 0 Å². The summed E-state index contributed by atoms with van der Waals surface area (Å²) in [5.74, 6) is 0. The van der Waals surface area contributed by atoms with Crippen LogP contribution in [0.4, 0.5) is 5.69 Å². The van der Waals surface area contributed by atoms with E-state index in [9.17, 15) is 4.79 Å². The van der Waals surface area contributed by atoms with Crippen molar-refractivity contribution in [3.63, 3.8) is 0 Å². The van der Waals surface area contributed by atoms with Crippen LogP contribution < -0.4 is 5.56 Å². The monoisotopic (exact) mass is 458 g/mol. The van der Waals surface area contributed by atoms with E-state index >= 15 is 0 Å². The summed E-state index contributed by atoms with van der Waals surface area (Å²) in [5.41, 5.74) is 8.30. The Labute approximate surface area is 204 Å². The molecule has 35 heavy (non-hydrogen) atoms. The molecule has 3 aromatic carbocycles. The maximum Gasteiger partial charge on any atom is 0.282 e. The highest BCUT2D eigenvalue weighted by Crippen LogP contribution is 2.36. The number of nitrogens with zero attached hydrogens (tertiary/aromatic N) is 4. The highest BCUT2D eigenvalue weighted by Gasteiger charge is 2.23. The highest BCUT2D eigenvalue weighted by atomic mass is 16.1. The van der Waals surface area contributed by atoms with Crippen LogP contribution in [0.3, 0.4) is 0 Å². The largest absolute Gasteiger partial charge is 0.332 e. The summed E-state index contributed by atoms with van der Waals surface area (Å²) in [6.07, 6.45) is 3.93. The molecule has 5 aromatic rings. The molecule has 5 nitrogen and oxygen atoms in total. The van der Waals surface area contributed by atoms with E-state index in [0.29, 0.717) is 5.56 Å². The summed E-state index contributed by atoms with van der Waals surface area (Å²) in [5, 5.41) is 4.88.